The van der Waals surface area contributed by atoms with Gasteiger partial charge < -0.3 is 10.2 Å². The van der Waals surface area contributed by atoms with Gasteiger partial charge >= 0.3 is 0 Å². The molecule has 2 nitrogen and oxygen atoms in total. The minimum Gasteiger partial charge on any atom is -0.317 e. The monoisotopic (exact) mass is 256 g/mol. The van der Waals surface area contributed by atoms with E-state index in [2.05, 4.69) is 29.0 Å². The molecule has 1 aliphatic carbocycles. The minimum absolute atomic E-state index is 0.772. The van der Waals surface area contributed by atoms with Gasteiger partial charge in [-0.15, -0.1) is 0 Å². The van der Waals surface area contributed by atoms with Crippen molar-refractivity contribution in [2.75, 3.05) is 38.2 Å². The summed E-state index contributed by atoms with van der Waals surface area (Å²) in [4.78, 5) is 2.72. The zero-order chi connectivity index (χ0) is 11.9. The SMILES string of the molecule is CNC1CCCCCC1CN1CCCSCC1. The molecule has 0 spiro atoms. The van der Waals surface area contributed by atoms with Crippen molar-refractivity contribution < 1.29 is 0 Å². The summed E-state index contributed by atoms with van der Waals surface area (Å²) in [6, 6.07) is 0.772. The molecule has 1 saturated carbocycles. The number of nitrogens with zero attached hydrogens (tertiary/aromatic N) is 1. The Morgan fingerprint density at radius 1 is 1.06 bits per heavy atom. The van der Waals surface area contributed by atoms with E-state index >= 15 is 0 Å². The van der Waals surface area contributed by atoms with Gasteiger partial charge in [0.2, 0.25) is 0 Å². The lowest BCUT2D eigenvalue weighted by Gasteiger charge is -2.30. The van der Waals surface area contributed by atoms with Crippen LogP contribution in [0.3, 0.4) is 0 Å². The molecule has 0 amide bonds. The highest BCUT2D eigenvalue weighted by Crippen LogP contribution is 2.25. The maximum atomic E-state index is 3.57. The fourth-order valence-corrected chi connectivity index (χ4v) is 4.22. The van der Waals surface area contributed by atoms with Crippen LogP contribution in [0.5, 0.6) is 0 Å². The standard InChI is InChI=1S/C14H28N2S/c1-15-14-7-4-2-3-6-13(14)12-16-8-5-10-17-11-9-16/h13-15H,2-12H2,1H3. The first-order valence-electron chi connectivity index (χ1n) is 7.37. The Balaban J connectivity index is 1.84. The predicted molar refractivity (Wildman–Crippen MR) is 77.8 cm³/mol. The topological polar surface area (TPSA) is 15.3 Å². The Kier molecular flexibility index (Phi) is 6.16. The summed E-state index contributed by atoms with van der Waals surface area (Å²) in [6.07, 6.45) is 8.55. The molecular formula is C14H28N2S. The molecule has 3 heteroatoms. The minimum atomic E-state index is 0.772. The van der Waals surface area contributed by atoms with Crippen LogP contribution in [0.1, 0.15) is 38.5 Å². The maximum Gasteiger partial charge on any atom is 0.0104 e. The number of hydrogen-bond acceptors (Lipinski definition) is 3. The second-order valence-electron chi connectivity index (χ2n) is 5.56. The lowest BCUT2D eigenvalue weighted by molar-refractivity contribution is 0.208. The summed E-state index contributed by atoms with van der Waals surface area (Å²) >= 11 is 2.13. The zero-order valence-corrected chi connectivity index (χ0v) is 12.1. The van der Waals surface area contributed by atoms with Crippen molar-refractivity contribution in [1.82, 2.24) is 10.2 Å². The van der Waals surface area contributed by atoms with Gasteiger partial charge in [-0.3, -0.25) is 0 Å². The Labute approximate surface area is 111 Å². The lowest BCUT2D eigenvalue weighted by atomic mass is 9.94. The van der Waals surface area contributed by atoms with Gasteiger partial charge in [0.15, 0.2) is 0 Å². The van der Waals surface area contributed by atoms with E-state index in [1.165, 1.54) is 69.7 Å². The summed E-state index contributed by atoms with van der Waals surface area (Å²) < 4.78 is 0. The van der Waals surface area contributed by atoms with E-state index in [-0.39, 0.29) is 0 Å². The molecule has 1 heterocycles. The molecule has 2 fully saturated rings. The molecule has 1 saturated heterocycles. The van der Waals surface area contributed by atoms with Gasteiger partial charge in [-0.25, -0.2) is 0 Å². The van der Waals surface area contributed by atoms with E-state index in [4.69, 9.17) is 0 Å². The number of hydrogen-bond donors (Lipinski definition) is 1. The third-order valence-electron chi connectivity index (χ3n) is 4.34. The lowest BCUT2D eigenvalue weighted by Crippen LogP contribution is -2.41. The van der Waals surface area contributed by atoms with Gasteiger partial charge in [0.25, 0.3) is 0 Å². The second kappa shape index (κ2) is 7.65. The third-order valence-corrected chi connectivity index (χ3v) is 5.39. The highest BCUT2D eigenvalue weighted by atomic mass is 32.2. The maximum absolute atomic E-state index is 3.57. The summed E-state index contributed by atoms with van der Waals surface area (Å²) in [5.41, 5.74) is 0. The summed E-state index contributed by atoms with van der Waals surface area (Å²) in [6.45, 7) is 3.99. The highest BCUT2D eigenvalue weighted by molar-refractivity contribution is 7.99. The summed E-state index contributed by atoms with van der Waals surface area (Å²) in [7, 11) is 2.15. The van der Waals surface area contributed by atoms with Crippen molar-refractivity contribution in [1.29, 1.82) is 0 Å². The predicted octanol–water partition coefficient (Wildman–Crippen LogP) is 2.59. The molecule has 0 aromatic carbocycles. The number of rotatable bonds is 3. The van der Waals surface area contributed by atoms with Gasteiger partial charge in [-0.1, -0.05) is 19.3 Å². The molecule has 1 N–H and O–H groups in total. The van der Waals surface area contributed by atoms with Crippen LogP contribution in [0, 0.1) is 5.92 Å². The highest BCUT2D eigenvalue weighted by Gasteiger charge is 2.24. The molecule has 2 rings (SSSR count). The Bertz CT molecular complexity index is 202. The van der Waals surface area contributed by atoms with Crippen LogP contribution in [0.4, 0.5) is 0 Å². The van der Waals surface area contributed by atoms with Gasteiger partial charge in [-0.05, 0) is 44.5 Å². The molecule has 0 aromatic heterocycles. The zero-order valence-electron chi connectivity index (χ0n) is 11.3. The molecule has 2 unspecified atom stereocenters. The molecular weight excluding hydrogens is 228 g/mol. The Morgan fingerprint density at radius 2 is 1.94 bits per heavy atom. The van der Waals surface area contributed by atoms with Gasteiger partial charge in [0.1, 0.15) is 0 Å². The van der Waals surface area contributed by atoms with Crippen LogP contribution in [0.15, 0.2) is 0 Å². The van der Waals surface area contributed by atoms with E-state index in [1.54, 1.807) is 0 Å². The number of nitrogens with one attached hydrogen (secondary N) is 1. The van der Waals surface area contributed by atoms with E-state index in [0.717, 1.165) is 12.0 Å². The average Bonchev–Trinajstić information content (AvgIpc) is 2.72. The molecule has 100 valence electrons. The van der Waals surface area contributed by atoms with Gasteiger partial charge in [0.05, 0.1) is 0 Å². The molecule has 0 radical (unpaired) electrons. The summed E-state index contributed by atoms with van der Waals surface area (Å²) in [5, 5.41) is 3.57. The van der Waals surface area contributed by atoms with Crippen molar-refractivity contribution in [3.05, 3.63) is 0 Å². The van der Waals surface area contributed by atoms with Crippen LogP contribution in [0.25, 0.3) is 0 Å². The molecule has 0 aromatic rings. The molecule has 17 heavy (non-hydrogen) atoms. The summed E-state index contributed by atoms with van der Waals surface area (Å²) in [5.74, 6) is 3.61. The van der Waals surface area contributed by atoms with E-state index in [9.17, 15) is 0 Å². The molecule has 0 bridgehead atoms. The van der Waals surface area contributed by atoms with Crippen LogP contribution in [-0.4, -0.2) is 49.1 Å². The van der Waals surface area contributed by atoms with Crippen LogP contribution >= 0.6 is 11.8 Å². The van der Waals surface area contributed by atoms with Crippen molar-refractivity contribution in [3.8, 4) is 0 Å². The van der Waals surface area contributed by atoms with E-state index in [0.29, 0.717) is 0 Å². The first kappa shape index (κ1) is 13.7. The number of thioether (sulfide) groups is 1. The van der Waals surface area contributed by atoms with E-state index < -0.39 is 0 Å². The Morgan fingerprint density at radius 3 is 2.82 bits per heavy atom. The van der Waals surface area contributed by atoms with Crippen molar-refractivity contribution in [2.45, 2.75) is 44.6 Å². The van der Waals surface area contributed by atoms with E-state index in [1.807, 2.05) is 0 Å². The van der Waals surface area contributed by atoms with Gasteiger partial charge in [-0.2, -0.15) is 11.8 Å². The third kappa shape index (κ3) is 4.46. The van der Waals surface area contributed by atoms with Crippen molar-refractivity contribution in [2.24, 2.45) is 5.92 Å². The second-order valence-corrected chi connectivity index (χ2v) is 6.78. The largest absolute Gasteiger partial charge is 0.317 e. The smallest absolute Gasteiger partial charge is 0.0104 e. The van der Waals surface area contributed by atoms with Crippen LogP contribution < -0.4 is 5.32 Å². The van der Waals surface area contributed by atoms with Crippen LogP contribution in [0.2, 0.25) is 0 Å². The molecule has 2 aliphatic rings. The fraction of sp³-hybridized carbons (Fsp3) is 1.00. The van der Waals surface area contributed by atoms with Gasteiger partial charge in [0, 0.05) is 24.9 Å². The Hall–Kier alpha value is 0.270. The van der Waals surface area contributed by atoms with Crippen molar-refractivity contribution >= 4 is 11.8 Å². The van der Waals surface area contributed by atoms with Crippen molar-refractivity contribution in [3.63, 3.8) is 0 Å². The molecule has 2 atom stereocenters. The molecule has 1 aliphatic heterocycles. The first-order valence-corrected chi connectivity index (χ1v) is 8.53. The fourth-order valence-electron chi connectivity index (χ4n) is 3.29. The normalized spacial score (nSPS) is 33.0. The van der Waals surface area contributed by atoms with Crippen LogP contribution in [-0.2, 0) is 0 Å². The quantitative estimate of drug-likeness (QED) is 0.782. The average molecular weight is 256 g/mol. The first-order chi connectivity index (χ1) is 8.40.